The van der Waals surface area contributed by atoms with E-state index < -0.39 is 0 Å². The van der Waals surface area contributed by atoms with E-state index in [9.17, 15) is 4.79 Å². The molecule has 2 heterocycles. The number of aryl methyl sites for hydroxylation is 2. The number of carbonyl (C=O) groups is 1. The average molecular weight is 406 g/mol. The second kappa shape index (κ2) is 8.62. The molecule has 134 valence electrons. The molecule has 8 heteroatoms. The zero-order chi connectivity index (χ0) is 18.5. The van der Waals surface area contributed by atoms with Gasteiger partial charge in [0.2, 0.25) is 0 Å². The lowest BCUT2D eigenvalue weighted by Gasteiger charge is -2.04. The Morgan fingerprint density at radius 1 is 1.19 bits per heavy atom. The Morgan fingerprint density at radius 2 is 1.92 bits per heavy atom. The predicted octanol–water partition coefficient (Wildman–Crippen LogP) is 4.71. The van der Waals surface area contributed by atoms with Crippen molar-refractivity contribution in [2.24, 2.45) is 0 Å². The van der Waals surface area contributed by atoms with Crippen LogP contribution in [0.2, 0.25) is 5.02 Å². The summed E-state index contributed by atoms with van der Waals surface area (Å²) in [5, 5.41) is 3.90. The Labute approximate surface area is 164 Å². The fraction of sp³-hybridized carbons (Fsp3) is 0.222. The third-order valence-corrected chi connectivity index (χ3v) is 5.39. The summed E-state index contributed by atoms with van der Waals surface area (Å²) in [5.74, 6) is -0.172. The number of hydrogen-bond acceptors (Lipinski definition) is 7. The molecule has 3 aromatic rings. The number of esters is 1. The van der Waals surface area contributed by atoms with Crippen LogP contribution in [0, 0.1) is 13.8 Å². The van der Waals surface area contributed by atoms with Crippen molar-refractivity contribution in [1.29, 1.82) is 0 Å². The van der Waals surface area contributed by atoms with Crippen molar-refractivity contribution in [1.82, 2.24) is 15.0 Å². The number of aromatic nitrogens is 3. The lowest BCUT2D eigenvalue weighted by atomic mass is 10.2. The largest absolute Gasteiger partial charge is 0.459 e. The van der Waals surface area contributed by atoms with Crippen LogP contribution in [0.3, 0.4) is 0 Å². The van der Waals surface area contributed by atoms with Crippen molar-refractivity contribution >= 4 is 40.7 Å². The Balaban J connectivity index is 1.53. The minimum Gasteiger partial charge on any atom is -0.459 e. The van der Waals surface area contributed by atoms with Crippen LogP contribution in [0.5, 0.6) is 0 Å². The van der Waals surface area contributed by atoms with Crippen LogP contribution < -0.4 is 0 Å². The summed E-state index contributed by atoms with van der Waals surface area (Å²) in [6, 6.07) is 9.41. The molecule has 26 heavy (non-hydrogen) atoms. The first-order valence-electron chi connectivity index (χ1n) is 7.81. The highest BCUT2D eigenvalue weighted by atomic mass is 35.5. The summed E-state index contributed by atoms with van der Waals surface area (Å²) >= 11 is 8.92. The van der Waals surface area contributed by atoms with Gasteiger partial charge in [-0.25, -0.2) is 15.0 Å². The van der Waals surface area contributed by atoms with Gasteiger partial charge in [0.05, 0.1) is 16.5 Å². The molecule has 5 nitrogen and oxygen atoms in total. The molecule has 0 amide bonds. The predicted molar refractivity (Wildman–Crippen MR) is 105 cm³/mol. The van der Waals surface area contributed by atoms with E-state index in [1.807, 2.05) is 49.6 Å². The number of halogens is 1. The quantitative estimate of drug-likeness (QED) is 0.336. The van der Waals surface area contributed by atoms with Gasteiger partial charge in [-0.1, -0.05) is 41.6 Å². The van der Waals surface area contributed by atoms with Gasteiger partial charge in [-0.3, -0.25) is 4.79 Å². The third-order valence-electron chi connectivity index (χ3n) is 3.32. The minimum atomic E-state index is -0.329. The molecule has 0 fully saturated rings. The normalized spacial score (nSPS) is 10.7. The third kappa shape index (κ3) is 5.03. The number of ether oxygens (including phenoxy) is 1. The summed E-state index contributed by atoms with van der Waals surface area (Å²) < 4.78 is 5.29. The fourth-order valence-corrected chi connectivity index (χ4v) is 4.08. The molecule has 0 N–H and O–H groups in total. The second-order valence-electron chi connectivity index (χ2n) is 5.51. The summed E-state index contributed by atoms with van der Waals surface area (Å²) in [6.07, 6.45) is 0. The standard InChI is InChI=1S/C18H16ClN3O2S2/c1-11-7-12(2)21-18(20-11)26-10-16(23)24-8-13-9-25-17(22-13)14-5-3-4-6-15(14)19/h3-7,9H,8,10H2,1-2H3. The Kier molecular flexibility index (Phi) is 6.24. The number of rotatable bonds is 6. The van der Waals surface area contributed by atoms with E-state index >= 15 is 0 Å². The Bertz CT molecular complexity index is 910. The van der Waals surface area contributed by atoms with Crippen molar-refractivity contribution < 1.29 is 9.53 Å². The molecule has 3 rings (SSSR count). The van der Waals surface area contributed by atoms with Gasteiger partial charge < -0.3 is 4.74 Å². The van der Waals surface area contributed by atoms with Gasteiger partial charge in [0.25, 0.3) is 0 Å². The van der Waals surface area contributed by atoms with Crippen LogP contribution in [0.1, 0.15) is 17.1 Å². The van der Waals surface area contributed by atoms with Crippen LogP contribution >= 0.6 is 34.7 Å². The number of thiazole rings is 1. The number of carbonyl (C=O) groups excluding carboxylic acids is 1. The van der Waals surface area contributed by atoms with Crippen molar-refractivity contribution in [2.75, 3.05) is 5.75 Å². The molecular weight excluding hydrogens is 390 g/mol. The van der Waals surface area contributed by atoms with Crippen LogP contribution in [0.25, 0.3) is 10.6 Å². The summed E-state index contributed by atoms with van der Waals surface area (Å²) in [5.41, 5.74) is 3.33. The summed E-state index contributed by atoms with van der Waals surface area (Å²) in [7, 11) is 0. The lowest BCUT2D eigenvalue weighted by molar-refractivity contribution is -0.141. The fourth-order valence-electron chi connectivity index (χ4n) is 2.21. The Hall–Kier alpha value is -1.96. The molecule has 0 aliphatic rings. The van der Waals surface area contributed by atoms with E-state index in [1.165, 1.54) is 23.1 Å². The van der Waals surface area contributed by atoms with Crippen LogP contribution in [0.4, 0.5) is 0 Å². The maximum Gasteiger partial charge on any atom is 0.316 e. The lowest BCUT2D eigenvalue weighted by Crippen LogP contribution is -2.08. The van der Waals surface area contributed by atoms with E-state index in [1.54, 1.807) is 0 Å². The van der Waals surface area contributed by atoms with Gasteiger partial charge in [0.15, 0.2) is 5.16 Å². The SMILES string of the molecule is Cc1cc(C)nc(SCC(=O)OCc2csc(-c3ccccc3Cl)n2)n1. The van der Waals surface area contributed by atoms with Gasteiger partial charge >= 0.3 is 5.97 Å². The first-order valence-corrected chi connectivity index (χ1v) is 10.1. The second-order valence-corrected chi connectivity index (χ2v) is 7.71. The van der Waals surface area contributed by atoms with E-state index in [-0.39, 0.29) is 18.3 Å². The summed E-state index contributed by atoms with van der Waals surface area (Å²) in [6.45, 7) is 3.93. The molecular formula is C18H16ClN3O2S2. The molecule has 0 aliphatic carbocycles. The molecule has 0 saturated heterocycles. The molecule has 0 atom stereocenters. The van der Waals surface area contributed by atoms with Gasteiger partial charge in [-0.2, -0.15) is 0 Å². The topological polar surface area (TPSA) is 65.0 Å². The van der Waals surface area contributed by atoms with Crippen molar-refractivity contribution in [3.63, 3.8) is 0 Å². The van der Waals surface area contributed by atoms with Crippen molar-refractivity contribution in [3.8, 4) is 10.6 Å². The highest BCUT2D eigenvalue weighted by molar-refractivity contribution is 7.99. The molecule has 0 unspecified atom stereocenters. The van der Waals surface area contributed by atoms with Gasteiger partial charge in [0, 0.05) is 22.3 Å². The van der Waals surface area contributed by atoms with Gasteiger partial charge in [-0.05, 0) is 26.0 Å². The highest BCUT2D eigenvalue weighted by Crippen LogP contribution is 2.30. The van der Waals surface area contributed by atoms with E-state index in [2.05, 4.69) is 15.0 Å². The molecule has 0 spiro atoms. The molecule has 0 radical (unpaired) electrons. The van der Waals surface area contributed by atoms with E-state index in [0.29, 0.717) is 15.9 Å². The van der Waals surface area contributed by atoms with Crippen LogP contribution in [-0.2, 0) is 16.1 Å². The van der Waals surface area contributed by atoms with Crippen molar-refractivity contribution in [2.45, 2.75) is 25.6 Å². The maximum atomic E-state index is 11.9. The molecule has 0 saturated carbocycles. The average Bonchev–Trinajstić information content (AvgIpc) is 3.06. The first kappa shape index (κ1) is 18.8. The number of benzene rings is 1. The number of hydrogen-bond donors (Lipinski definition) is 0. The zero-order valence-electron chi connectivity index (χ0n) is 14.2. The monoisotopic (exact) mass is 405 g/mol. The highest BCUT2D eigenvalue weighted by Gasteiger charge is 2.11. The summed E-state index contributed by atoms with van der Waals surface area (Å²) in [4.78, 5) is 25.0. The number of nitrogens with zero attached hydrogens (tertiary/aromatic N) is 3. The van der Waals surface area contributed by atoms with E-state index in [4.69, 9.17) is 16.3 Å². The zero-order valence-corrected chi connectivity index (χ0v) is 16.6. The smallest absolute Gasteiger partial charge is 0.316 e. The van der Waals surface area contributed by atoms with Gasteiger partial charge in [0.1, 0.15) is 11.6 Å². The van der Waals surface area contributed by atoms with E-state index in [0.717, 1.165) is 22.0 Å². The van der Waals surface area contributed by atoms with Crippen LogP contribution in [-0.4, -0.2) is 26.7 Å². The number of thioether (sulfide) groups is 1. The van der Waals surface area contributed by atoms with Crippen LogP contribution in [0.15, 0.2) is 40.9 Å². The van der Waals surface area contributed by atoms with Gasteiger partial charge in [-0.15, -0.1) is 11.3 Å². The minimum absolute atomic E-state index is 0.133. The molecule has 0 bridgehead atoms. The maximum absolute atomic E-state index is 11.9. The Morgan fingerprint density at radius 3 is 2.65 bits per heavy atom. The van der Waals surface area contributed by atoms with Crippen molar-refractivity contribution in [3.05, 3.63) is 57.8 Å². The molecule has 1 aromatic carbocycles. The molecule has 0 aliphatic heterocycles. The first-order chi connectivity index (χ1) is 12.5. The molecule has 2 aromatic heterocycles.